The molecule has 3 aromatic heterocycles. The number of fused-ring (bicyclic) bond motifs is 3. The minimum Gasteiger partial charge on any atom is -0.369 e. The molecule has 3 aliphatic rings. The molecule has 0 atom stereocenters. The van der Waals surface area contributed by atoms with Crippen molar-refractivity contribution in [1.82, 2.24) is 24.4 Å². The smallest absolute Gasteiger partial charge is 0.260 e. The Morgan fingerprint density at radius 2 is 1.67 bits per heavy atom. The van der Waals surface area contributed by atoms with E-state index in [2.05, 4.69) is 55.4 Å². The molecule has 202 valence electrons. The first-order valence-corrected chi connectivity index (χ1v) is 14.7. The van der Waals surface area contributed by atoms with Gasteiger partial charge in [-0.3, -0.25) is 19.2 Å². The van der Waals surface area contributed by atoms with Crippen LogP contribution in [0, 0.1) is 5.92 Å². The average molecular weight is 524 g/mol. The topological polar surface area (TPSA) is 79.2 Å². The Bertz CT molecular complexity index is 1520. The van der Waals surface area contributed by atoms with E-state index in [1.165, 1.54) is 43.4 Å². The molecule has 0 radical (unpaired) electrons. The molecule has 8 nitrogen and oxygen atoms in total. The quantitative estimate of drug-likeness (QED) is 0.342. The fraction of sp³-hybridized carbons (Fsp3) is 0.484. The Morgan fingerprint density at radius 3 is 2.44 bits per heavy atom. The minimum absolute atomic E-state index is 0.0978. The molecular weight excluding hydrogens is 486 g/mol. The molecule has 4 heterocycles. The zero-order valence-electron chi connectivity index (χ0n) is 22.6. The highest BCUT2D eigenvalue weighted by atomic mass is 16.1. The van der Waals surface area contributed by atoms with Crippen LogP contribution in [0.2, 0.25) is 0 Å². The summed E-state index contributed by atoms with van der Waals surface area (Å²) in [6.07, 6.45) is 13.9. The third kappa shape index (κ3) is 5.10. The first-order valence-electron chi connectivity index (χ1n) is 14.7. The fourth-order valence-corrected chi connectivity index (χ4v) is 6.37. The first-order chi connectivity index (χ1) is 19.2. The second-order valence-electron chi connectivity index (χ2n) is 11.6. The maximum absolute atomic E-state index is 14.1. The summed E-state index contributed by atoms with van der Waals surface area (Å²) in [7, 11) is 0. The highest BCUT2D eigenvalue weighted by Crippen LogP contribution is 2.33. The van der Waals surface area contributed by atoms with E-state index in [4.69, 9.17) is 4.98 Å². The largest absolute Gasteiger partial charge is 0.369 e. The van der Waals surface area contributed by atoms with Gasteiger partial charge in [-0.25, -0.2) is 4.98 Å². The third-order valence-corrected chi connectivity index (χ3v) is 8.81. The van der Waals surface area contributed by atoms with Crippen molar-refractivity contribution in [3.05, 3.63) is 64.8 Å². The molecule has 1 N–H and O–H groups in total. The van der Waals surface area contributed by atoms with Crippen LogP contribution in [0.4, 0.5) is 11.6 Å². The number of hydrogen-bond acceptors (Lipinski definition) is 7. The normalized spacial score (nSPS) is 19.1. The molecule has 4 aromatic rings. The van der Waals surface area contributed by atoms with E-state index >= 15 is 0 Å². The number of nitrogens with zero attached hydrogens (tertiary/aromatic N) is 6. The molecule has 7 rings (SSSR count). The molecule has 1 saturated heterocycles. The van der Waals surface area contributed by atoms with E-state index in [0.29, 0.717) is 5.95 Å². The average Bonchev–Trinajstić information content (AvgIpc) is 3.82. The van der Waals surface area contributed by atoms with Crippen LogP contribution in [-0.2, 0) is 6.54 Å². The van der Waals surface area contributed by atoms with Gasteiger partial charge in [0, 0.05) is 80.4 Å². The fourth-order valence-electron chi connectivity index (χ4n) is 6.37. The molecule has 2 aliphatic carbocycles. The maximum atomic E-state index is 14.1. The minimum atomic E-state index is 0.0978. The number of anilines is 2. The summed E-state index contributed by atoms with van der Waals surface area (Å²) in [5.74, 6) is 1.37. The van der Waals surface area contributed by atoms with Crippen molar-refractivity contribution < 1.29 is 0 Å². The number of hydrogen-bond donors (Lipinski definition) is 1. The van der Waals surface area contributed by atoms with Crippen LogP contribution in [0.5, 0.6) is 0 Å². The standard InChI is InChI=1S/C31H37N7O/c39-30-27-18-23(21-36-14-16-37(17-15-36)24-10-12-32-13-11-24)8-9-26(27)28-20-34-31(33-19-22-6-7-22)35-29(28)38(30)25-4-2-1-3-5-25/h8-13,18,20,22,25H,1-7,14-17,19,21H2,(H,33,34,35). The Kier molecular flexibility index (Phi) is 6.64. The molecule has 0 spiro atoms. The second-order valence-corrected chi connectivity index (χ2v) is 11.6. The highest BCUT2D eigenvalue weighted by molar-refractivity contribution is 6.04. The van der Waals surface area contributed by atoms with Crippen LogP contribution in [0.3, 0.4) is 0 Å². The number of benzene rings is 1. The summed E-state index contributed by atoms with van der Waals surface area (Å²) in [4.78, 5) is 32.8. The number of rotatable bonds is 7. The van der Waals surface area contributed by atoms with Crippen molar-refractivity contribution in [3.63, 3.8) is 0 Å². The molecule has 2 saturated carbocycles. The molecular formula is C31H37N7O. The van der Waals surface area contributed by atoms with Crippen LogP contribution < -0.4 is 15.8 Å². The molecule has 1 aliphatic heterocycles. The molecule has 3 fully saturated rings. The van der Waals surface area contributed by atoms with Crippen molar-refractivity contribution in [2.24, 2.45) is 5.92 Å². The van der Waals surface area contributed by atoms with E-state index in [1.54, 1.807) is 0 Å². The van der Waals surface area contributed by atoms with Gasteiger partial charge in [0.2, 0.25) is 5.95 Å². The Balaban J connectivity index is 1.19. The summed E-state index contributed by atoms with van der Waals surface area (Å²) < 4.78 is 2.01. The maximum Gasteiger partial charge on any atom is 0.260 e. The molecule has 0 unspecified atom stereocenters. The Morgan fingerprint density at radius 1 is 0.872 bits per heavy atom. The van der Waals surface area contributed by atoms with Gasteiger partial charge in [-0.2, -0.15) is 4.98 Å². The summed E-state index contributed by atoms with van der Waals surface area (Å²) in [6, 6.07) is 10.8. The van der Waals surface area contributed by atoms with Gasteiger partial charge >= 0.3 is 0 Å². The van der Waals surface area contributed by atoms with Gasteiger partial charge in [0.1, 0.15) is 5.65 Å². The van der Waals surface area contributed by atoms with Crippen LogP contribution in [0.25, 0.3) is 21.8 Å². The lowest BCUT2D eigenvalue weighted by atomic mass is 9.94. The van der Waals surface area contributed by atoms with Crippen molar-refractivity contribution in [1.29, 1.82) is 0 Å². The SMILES string of the molecule is O=c1c2cc(CN3CCN(c4ccncc4)CC3)ccc2c2cnc(NCC3CC3)nc2n1C1CCCCC1. The van der Waals surface area contributed by atoms with Crippen LogP contribution in [-0.4, -0.2) is 57.1 Å². The third-order valence-electron chi connectivity index (χ3n) is 8.81. The second kappa shape index (κ2) is 10.6. The summed E-state index contributed by atoms with van der Waals surface area (Å²) >= 11 is 0. The van der Waals surface area contributed by atoms with E-state index in [0.717, 1.165) is 79.8 Å². The summed E-state index contributed by atoms with van der Waals surface area (Å²) in [6.45, 7) is 5.73. The summed E-state index contributed by atoms with van der Waals surface area (Å²) in [5.41, 5.74) is 3.31. The lowest BCUT2D eigenvalue weighted by Gasteiger charge is -2.36. The predicted octanol–water partition coefficient (Wildman–Crippen LogP) is 4.99. The van der Waals surface area contributed by atoms with E-state index < -0.39 is 0 Å². The Labute approximate surface area is 229 Å². The van der Waals surface area contributed by atoms with Crippen LogP contribution in [0.1, 0.15) is 56.6 Å². The Hall–Kier alpha value is -3.52. The van der Waals surface area contributed by atoms with Crippen molar-refractivity contribution >= 4 is 33.4 Å². The zero-order chi connectivity index (χ0) is 26.2. The molecule has 39 heavy (non-hydrogen) atoms. The van der Waals surface area contributed by atoms with E-state index in [1.807, 2.05) is 23.2 Å². The predicted molar refractivity (Wildman–Crippen MR) is 156 cm³/mol. The lowest BCUT2D eigenvalue weighted by Crippen LogP contribution is -2.45. The van der Waals surface area contributed by atoms with Crippen LogP contribution in [0.15, 0.2) is 53.7 Å². The molecule has 8 heteroatoms. The first kappa shape index (κ1) is 24.5. The van der Waals surface area contributed by atoms with Gasteiger partial charge in [0.15, 0.2) is 0 Å². The molecule has 0 bridgehead atoms. The van der Waals surface area contributed by atoms with E-state index in [9.17, 15) is 4.79 Å². The zero-order valence-corrected chi connectivity index (χ0v) is 22.6. The molecule has 1 aromatic carbocycles. The van der Waals surface area contributed by atoms with Crippen molar-refractivity contribution in [3.8, 4) is 0 Å². The van der Waals surface area contributed by atoms with Gasteiger partial charge in [-0.15, -0.1) is 0 Å². The highest BCUT2D eigenvalue weighted by Gasteiger charge is 2.24. The van der Waals surface area contributed by atoms with Gasteiger partial charge in [0.25, 0.3) is 5.56 Å². The number of pyridine rings is 2. The molecule has 0 amide bonds. The number of nitrogens with one attached hydrogen (secondary N) is 1. The number of piperazine rings is 1. The van der Waals surface area contributed by atoms with Gasteiger partial charge in [-0.1, -0.05) is 31.4 Å². The van der Waals surface area contributed by atoms with Crippen LogP contribution >= 0.6 is 0 Å². The van der Waals surface area contributed by atoms with Crippen molar-refractivity contribution in [2.75, 3.05) is 42.9 Å². The number of aromatic nitrogens is 4. The monoisotopic (exact) mass is 523 g/mol. The van der Waals surface area contributed by atoms with E-state index in [-0.39, 0.29) is 11.6 Å². The lowest BCUT2D eigenvalue weighted by molar-refractivity contribution is 0.250. The summed E-state index contributed by atoms with van der Waals surface area (Å²) in [5, 5.41) is 6.15. The van der Waals surface area contributed by atoms with Gasteiger partial charge in [0.05, 0.1) is 0 Å². The van der Waals surface area contributed by atoms with Gasteiger partial charge in [-0.05, 0) is 60.7 Å². The van der Waals surface area contributed by atoms with Crippen molar-refractivity contribution in [2.45, 2.75) is 57.5 Å². The van der Waals surface area contributed by atoms with Gasteiger partial charge < -0.3 is 10.2 Å².